The maximum absolute atomic E-state index is 12.9. The first-order chi connectivity index (χ1) is 15.5. The third-order valence-corrected chi connectivity index (χ3v) is 6.71. The quantitative estimate of drug-likeness (QED) is 0.689. The first-order valence-electron chi connectivity index (χ1n) is 11.7. The highest BCUT2D eigenvalue weighted by atomic mass is 16.5. The molecule has 0 N–H and O–H groups in total. The summed E-state index contributed by atoms with van der Waals surface area (Å²) in [5.41, 5.74) is 3.89. The molecule has 0 unspecified atom stereocenters. The van der Waals surface area contributed by atoms with Crippen molar-refractivity contribution in [1.82, 2.24) is 14.8 Å². The van der Waals surface area contributed by atoms with E-state index in [9.17, 15) is 9.59 Å². The van der Waals surface area contributed by atoms with Crippen LogP contribution in [0.5, 0.6) is 5.75 Å². The smallest absolute Gasteiger partial charge is 0.255 e. The summed E-state index contributed by atoms with van der Waals surface area (Å²) >= 11 is 0. The van der Waals surface area contributed by atoms with E-state index in [-0.39, 0.29) is 17.7 Å². The second-order valence-electron chi connectivity index (χ2n) is 8.95. The van der Waals surface area contributed by atoms with Gasteiger partial charge in [0.15, 0.2) is 0 Å². The van der Waals surface area contributed by atoms with Crippen LogP contribution < -0.4 is 4.74 Å². The fourth-order valence-electron chi connectivity index (χ4n) is 4.83. The number of aryl methyl sites for hydroxylation is 2. The van der Waals surface area contributed by atoms with Gasteiger partial charge in [-0.25, -0.2) is 0 Å². The van der Waals surface area contributed by atoms with E-state index in [1.807, 2.05) is 41.0 Å². The number of benzene rings is 1. The van der Waals surface area contributed by atoms with E-state index in [2.05, 4.69) is 11.1 Å². The molecule has 0 aliphatic carbocycles. The lowest BCUT2D eigenvalue weighted by atomic mass is 9.93. The fourth-order valence-corrected chi connectivity index (χ4v) is 4.83. The van der Waals surface area contributed by atoms with Gasteiger partial charge >= 0.3 is 0 Å². The molecule has 1 aromatic heterocycles. The van der Waals surface area contributed by atoms with Gasteiger partial charge in [0.1, 0.15) is 5.75 Å². The lowest BCUT2D eigenvalue weighted by molar-refractivity contribution is -0.132. The topological polar surface area (TPSA) is 62.7 Å². The van der Waals surface area contributed by atoms with Crippen LogP contribution in [0.1, 0.15) is 65.2 Å². The average molecular weight is 436 g/mol. The Morgan fingerprint density at radius 2 is 1.84 bits per heavy atom. The van der Waals surface area contributed by atoms with Crippen molar-refractivity contribution < 1.29 is 14.3 Å². The predicted molar refractivity (Wildman–Crippen MR) is 124 cm³/mol. The van der Waals surface area contributed by atoms with Gasteiger partial charge in [0.05, 0.1) is 12.7 Å². The van der Waals surface area contributed by atoms with Crippen molar-refractivity contribution in [1.29, 1.82) is 0 Å². The molecule has 2 aliphatic heterocycles. The largest absolute Gasteiger partial charge is 0.496 e. The van der Waals surface area contributed by atoms with E-state index in [1.165, 1.54) is 0 Å². The molecule has 170 valence electrons. The first-order valence-corrected chi connectivity index (χ1v) is 11.7. The molecule has 4 rings (SSSR count). The van der Waals surface area contributed by atoms with Gasteiger partial charge in [-0.05, 0) is 68.4 Å². The SMILES string of the molecule is COc1ccc(CCC(=O)N2CCC[C@@H](c3ccc(C(=O)N4CCCC4)cn3)C2)cc1C. The zero-order valence-electron chi connectivity index (χ0n) is 19.2. The summed E-state index contributed by atoms with van der Waals surface area (Å²) in [7, 11) is 1.67. The number of rotatable bonds is 6. The first kappa shape index (κ1) is 22.3. The third kappa shape index (κ3) is 5.12. The zero-order valence-corrected chi connectivity index (χ0v) is 19.2. The molecular formula is C26H33N3O3. The molecule has 3 heterocycles. The molecule has 2 saturated heterocycles. The summed E-state index contributed by atoms with van der Waals surface area (Å²) in [5.74, 6) is 1.38. The van der Waals surface area contributed by atoms with Crippen LogP contribution in [0, 0.1) is 6.92 Å². The number of hydrogen-bond acceptors (Lipinski definition) is 4. The van der Waals surface area contributed by atoms with Crippen LogP contribution in [0.2, 0.25) is 0 Å². The molecule has 1 aromatic carbocycles. The number of amides is 2. The molecule has 0 saturated carbocycles. The number of piperidine rings is 1. The third-order valence-electron chi connectivity index (χ3n) is 6.71. The van der Waals surface area contributed by atoms with Crippen molar-refractivity contribution in [3.8, 4) is 5.75 Å². The summed E-state index contributed by atoms with van der Waals surface area (Å²) < 4.78 is 5.32. The van der Waals surface area contributed by atoms with Gasteiger partial charge in [-0.2, -0.15) is 0 Å². The van der Waals surface area contributed by atoms with Crippen LogP contribution in [-0.4, -0.2) is 59.9 Å². The molecule has 1 atom stereocenters. The van der Waals surface area contributed by atoms with Crippen molar-refractivity contribution in [3.63, 3.8) is 0 Å². The number of carbonyl (C=O) groups is 2. The predicted octanol–water partition coefficient (Wildman–Crippen LogP) is 3.97. The molecule has 0 spiro atoms. The Morgan fingerprint density at radius 3 is 2.53 bits per heavy atom. The maximum Gasteiger partial charge on any atom is 0.255 e. The Hall–Kier alpha value is -2.89. The number of nitrogens with zero attached hydrogens (tertiary/aromatic N) is 3. The highest BCUT2D eigenvalue weighted by molar-refractivity contribution is 5.94. The van der Waals surface area contributed by atoms with Crippen molar-refractivity contribution in [2.75, 3.05) is 33.3 Å². The number of pyridine rings is 1. The molecule has 6 nitrogen and oxygen atoms in total. The minimum absolute atomic E-state index is 0.0794. The second-order valence-corrected chi connectivity index (χ2v) is 8.95. The average Bonchev–Trinajstić information content (AvgIpc) is 3.37. The van der Waals surface area contributed by atoms with Crippen molar-refractivity contribution in [2.24, 2.45) is 0 Å². The molecular weight excluding hydrogens is 402 g/mol. The van der Waals surface area contributed by atoms with Crippen molar-refractivity contribution in [3.05, 3.63) is 58.9 Å². The second kappa shape index (κ2) is 10.2. The minimum Gasteiger partial charge on any atom is -0.496 e. The van der Waals surface area contributed by atoms with E-state index in [0.717, 1.165) is 74.3 Å². The van der Waals surface area contributed by atoms with Crippen LogP contribution in [0.15, 0.2) is 36.5 Å². The van der Waals surface area contributed by atoms with E-state index >= 15 is 0 Å². The van der Waals surface area contributed by atoms with Gasteiger partial charge in [0.2, 0.25) is 5.91 Å². The van der Waals surface area contributed by atoms with Crippen LogP contribution in [0.4, 0.5) is 0 Å². The number of aromatic nitrogens is 1. The highest BCUT2D eigenvalue weighted by Crippen LogP contribution is 2.27. The van der Waals surface area contributed by atoms with E-state index in [4.69, 9.17) is 4.74 Å². The van der Waals surface area contributed by atoms with E-state index in [1.54, 1.807) is 13.3 Å². The fraction of sp³-hybridized carbons (Fsp3) is 0.500. The molecule has 2 fully saturated rings. The van der Waals surface area contributed by atoms with Gasteiger partial charge in [0, 0.05) is 50.4 Å². The number of methoxy groups -OCH3 is 1. The summed E-state index contributed by atoms with van der Waals surface area (Å²) in [4.78, 5) is 33.9. The molecule has 2 aliphatic rings. The Bertz CT molecular complexity index is 951. The van der Waals surface area contributed by atoms with Crippen LogP contribution in [0.3, 0.4) is 0 Å². The van der Waals surface area contributed by atoms with Gasteiger partial charge in [-0.15, -0.1) is 0 Å². The van der Waals surface area contributed by atoms with E-state index < -0.39 is 0 Å². The Balaban J connectivity index is 1.33. The Kier molecular flexibility index (Phi) is 7.08. The normalized spacial score (nSPS) is 18.6. The van der Waals surface area contributed by atoms with Gasteiger partial charge in [-0.3, -0.25) is 14.6 Å². The van der Waals surface area contributed by atoms with Crippen molar-refractivity contribution in [2.45, 2.75) is 51.4 Å². The summed E-state index contributed by atoms with van der Waals surface area (Å²) in [5, 5.41) is 0. The van der Waals surface area contributed by atoms with Gasteiger partial charge in [-0.1, -0.05) is 12.1 Å². The summed E-state index contributed by atoms with van der Waals surface area (Å²) in [6, 6.07) is 9.97. The maximum atomic E-state index is 12.9. The number of ether oxygens (including phenoxy) is 1. The van der Waals surface area contributed by atoms with Gasteiger partial charge in [0.25, 0.3) is 5.91 Å². The lowest BCUT2D eigenvalue weighted by Crippen LogP contribution is -2.39. The van der Waals surface area contributed by atoms with Crippen LogP contribution in [-0.2, 0) is 11.2 Å². The zero-order chi connectivity index (χ0) is 22.5. The minimum atomic E-state index is 0.0794. The molecule has 2 amide bonds. The summed E-state index contributed by atoms with van der Waals surface area (Å²) in [6.07, 6.45) is 7.12. The highest BCUT2D eigenvalue weighted by Gasteiger charge is 2.26. The van der Waals surface area contributed by atoms with Crippen LogP contribution in [0.25, 0.3) is 0 Å². The van der Waals surface area contributed by atoms with Crippen LogP contribution >= 0.6 is 0 Å². The van der Waals surface area contributed by atoms with E-state index in [0.29, 0.717) is 18.5 Å². The number of likely N-dealkylation sites (tertiary alicyclic amines) is 2. The van der Waals surface area contributed by atoms with Gasteiger partial charge < -0.3 is 14.5 Å². The molecule has 32 heavy (non-hydrogen) atoms. The standard InChI is InChI=1S/C26H33N3O3/c1-19-16-20(7-11-24(19)32-2)8-12-25(30)29-15-5-6-22(18-29)23-10-9-21(17-27-23)26(31)28-13-3-4-14-28/h7,9-11,16-17,22H,3-6,8,12-15,18H2,1-2H3/t22-/m1/s1. The number of hydrogen-bond donors (Lipinski definition) is 0. The number of carbonyl (C=O) groups excluding carboxylic acids is 2. The summed E-state index contributed by atoms with van der Waals surface area (Å²) in [6.45, 7) is 5.22. The van der Waals surface area contributed by atoms with Crippen molar-refractivity contribution >= 4 is 11.8 Å². The monoisotopic (exact) mass is 435 g/mol. The Labute approximate surface area is 190 Å². The molecule has 6 heteroatoms. The molecule has 0 radical (unpaired) electrons. The molecule has 0 bridgehead atoms. The Morgan fingerprint density at radius 1 is 1.06 bits per heavy atom. The molecule has 2 aromatic rings. The lowest BCUT2D eigenvalue weighted by Gasteiger charge is -2.32.